The quantitative estimate of drug-likeness (QED) is 0.730. The molecule has 5 rings (SSSR count). The number of amides is 1. The van der Waals surface area contributed by atoms with Crippen molar-refractivity contribution < 1.29 is 9.53 Å². The molecule has 1 aliphatic carbocycles. The summed E-state index contributed by atoms with van der Waals surface area (Å²) in [4.78, 5) is 18.2. The first-order valence-corrected chi connectivity index (χ1v) is 10.2. The number of methoxy groups -OCH3 is 1. The minimum Gasteiger partial charge on any atom is -0.378 e. The van der Waals surface area contributed by atoms with Crippen LogP contribution in [-0.2, 0) is 10.2 Å². The lowest BCUT2D eigenvalue weighted by Crippen LogP contribution is -2.49. The van der Waals surface area contributed by atoms with E-state index in [-0.39, 0.29) is 23.5 Å². The second kappa shape index (κ2) is 6.44. The molecule has 2 N–H and O–H groups in total. The van der Waals surface area contributed by atoms with E-state index in [9.17, 15) is 4.79 Å². The van der Waals surface area contributed by atoms with Gasteiger partial charge in [0, 0.05) is 30.3 Å². The van der Waals surface area contributed by atoms with Crippen molar-refractivity contribution in [2.45, 2.75) is 30.4 Å². The molecule has 1 aromatic carbocycles. The van der Waals surface area contributed by atoms with E-state index in [1.54, 1.807) is 13.3 Å². The largest absolute Gasteiger partial charge is 0.378 e. The van der Waals surface area contributed by atoms with Gasteiger partial charge < -0.3 is 15.4 Å². The molecule has 2 aromatic heterocycles. The fourth-order valence-electron chi connectivity index (χ4n) is 4.85. The monoisotopic (exact) mass is 382 g/mol. The smallest absolute Gasteiger partial charge is 0.272 e. The molecule has 2 aliphatic rings. The van der Waals surface area contributed by atoms with Gasteiger partial charge in [-0.1, -0.05) is 24.3 Å². The van der Waals surface area contributed by atoms with E-state index in [0.29, 0.717) is 5.69 Å². The zero-order valence-corrected chi connectivity index (χ0v) is 16.0. The number of carbonyl (C=O) groups is 1. The van der Waals surface area contributed by atoms with Crippen molar-refractivity contribution in [1.29, 1.82) is 0 Å². The van der Waals surface area contributed by atoms with Crippen LogP contribution in [0.3, 0.4) is 0 Å². The SMILES string of the molecule is CO[C@@H]1[C@@H](NC(=O)c2cn3ccsc3n2)c2ccccc2C12CCNCC2. The van der Waals surface area contributed by atoms with Crippen molar-refractivity contribution >= 4 is 22.2 Å². The van der Waals surface area contributed by atoms with E-state index in [1.165, 1.54) is 22.5 Å². The molecule has 0 saturated carbocycles. The predicted octanol–water partition coefficient (Wildman–Crippen LogP) is 2.52. The number of thiazole rings is 1. The molecule has 0 radical (unpaired) electrons. The van der Waals surface area contributed by atoms with Crippen LogP contribution in [0.1, 0.15) is 40.5 Å². The fourth-order valence-corrected chi connectivity index (χ4v) is 5.55. The summed E-state index contributed by atoms with van der Waals surface area (Å²) in [7, 11) is 1.76. The molecule has 3 heterocycles. The van der Waals surface area contributed by atoms with Gasteiger partial charge in [0.05, 0.1) is 12.1 Å². The van der Waals surface area contributed by atoms with Gasteiger partial charge in [0.15, 0.2) is 4.96 Å². The number of fused-ring (bicyclic) bond motifs is 3. The molecule has 0 unspecified atom stereocenters. The molecule has 140 valence electrons. The third kappa shape index (κ3) is 2.53. The van der Waals surface area contributed by atoms with E-state index < -0.39 is 0 Å². The van der Waals surface area contributed by atoms with Crippen LogP contribution in [0.2, 0.25) is 0 Å². The first-order valence-electron chi connectivity index (χ1n) is 9.29. The van der Waals surface area contributed by atoms with Crippen molar-refractivity contribution in [3.05, 3.63) is 58.9 Å². The first kappa shape index (κ1) is 16.9. The summed E-state index contributed by atoms with van der Waals surface area (Å²) in [6.45, 7) is 1.93. The Kier molecular flexibility index (Phi) is 4.03. The number of benzene rings is 1. The van der Waals surface area contributed by atoms with Gasteiger partial charge in [-0.25, -0.2) is 4.98 Å². The Morgan fingerprint density at radius 3 is 2.96 bits per heavy atom. The van der Waals surface area contributed by atoms with E-state index in [0.717, 1.165) is 30.9 Å². The molecule has 27 heavy (non-hydrogen) atoms. The molecule has 1 saturated heterocycles. The maximum absolute atomic E-state index is 13.0. The molecule has 1 aliphatic heterocycles. The molecule has 6 nitrogen and oxygen atoms in total. The van der Waals surface area contributed by atoms with Gasteiger partial charge in [-0.2, -0.15) is 0 Å². The van der Waals surface area contributed by atoms with E-state index in [1.807, 2.05) is 22.0 Å². The number of hydrogen-bond acceptors (Lipinski definition) is 5. The minimum atomic E-state index is -0.170. The van der Waals surface area contributed by atoms with Crippen molar-refractivity contribution in [2.24, 2.45) is 0 Å². The highest BCUT2D eigenvalue weighted by Gasteiger charge is 2.53. The number of aromatic nitrogens is 2. The Morgan fingerprint density at radius 2 is 2.19 bits per heavy atom. The van der Waals surface area contributed by atoms with Gasteiger partial charge in [-0.05, 0) is 37.1 Å². The highest BCUT2D eigenvalue weighted by atomic mass is 32.1. The van der Waals surface area contributed by atoms with Crippen LogP contribution < -0.4 is 10.6 Å². The minimum absolute atomic E-state index is 0.0525. The zero-order valence-electron chi connectivity index (χ0n) is 15.1. The normalized spacial score (nSPS) is 23.6. The summed E-state index contributed by atoms with van der Waals surface area (Å²) < 4.78 is 7.89. The van der Waals surface area contributed by atoms with E-state index in [4.69, 9.17) is 4.74 Å². The summed E-state index contributed by atoms with van der Waals surface area (Å²) in [5.74, 6) is -0.154. The third-order valence-electron chi connectivity index (χ3n) is 6.04. The Labute approximate surface area is 161 Å². The molecule has 1 amide bonds. The predicted molar refractivity (Wildman–Crippen MR) is 104 cm³/mol. The lowest BCUT2D eigenvalue weighted by molar-refractivity contribution is 0.00392. The Hall–Kier alpha value is -2.22. The summed E-state index contributed by atoms with van der Waals surface area (Å²) in [5, 5.41) is 8.63. The second-order valence-electron chi connectivity index (χ2n) is 7.32. The van der Waals surface area contributed by atoms with E-state index in [2.05, 4.69) is 33.8 Å². The summed E-state index contributed by atoms with van der Waals surface area (Å²) >= 11 is 1.52. The number of piperidine rings is 1. The summed E-state index contributed by atoms with van der Waals surface area (Å²) in [5.41, 5.74) is 2.87. The zero-order chi connectivity index (χ0) is 18.4. The van der Waals surface area contributed by atoms with Crippen LogP contribution in [0, 0.1) is 0 Å². The van der Waals surface area contributed by atoms with Gasteiger partial charge in [-0.15, -0.1) is 11.3 Å². The number of nitrogens with one attached hydrogen (secondary N) is 2. The molecular formula is C20H22N4O2S. The van der Waals surface area contributed by atoms with Crippen LogP contribution in [0.5, 0.6) is 0 Å². The lowest BCUT2D eigenvalue weighted by Gasteiger charge is -2.40. The molecule has 1 spiro atoms. The number of rotatable bonds is 3. The van der Waals surface area contributed by atoms with Crippen molar-refractivity contribution in [3.63, 3.8) is 0 Å². The van der Waals surface area contributed by atoms with Crippen molar-refractivity contribution in [1.82, 2.24) is 20.0 Å². The van der Waals surface area contributed by atoms with Crippen molar-refractivity contribution in [2.75, 3.05) is 20.2 Å². The number of ether oxygens (including phenoxy) is 1. The lowest BCUT2D eigenvalue weighted by atomic mass is 9.72. The van der Waals surface area contributed by atoms with Gasteiger partial charge in [-0.3, -0.25) is 9.20 Å². The Bertz CT molecular complexity index is 960. The summed E-state index contributed by atoms with van der Waals surface area (Å²) in [6, 6.07) is 8.28. The molecular weight excluding hydrogens is 360 g/mol. The number of hydrogen-bond donors (Lipinski definition) is 2. The average Bonchev–Trinajstić information content (AvgIpc) is 3.36. The van der Waals surface area contributed by atoms with Crippen LogP contribution >= 0.6 is 11.3 Å². The van der Waals surface area contributed by atoms with Gasteiger partial charge in [0.1, 0.15) is 5.69 Å². The van der Waals surface area contributed by atoms with Gasteiger partial charge in [0.25, 0.3) is 5.91 Å². The highest BCUT2D eigenvalue weighted by molar-refractivity contribution is 7.15. The Morgan fingerprint density at radius 1 is 1.37 bits per heavy atom. The molecule has 7 heteroatoms. The second-order valence-corrected chi connectivity index (χ2v) is 8.19. The van der Waals surface area contributed by atoms with Crippen LogP contribution in [0.4, 0.5) is 0 Å². The van der Waals surface area contributed by atoms with Gasteiger partial charge >= 0.3 is 0 Å². The van der Waals surface area contributed by atoms with Crippen LogP contribution in [0.25, 0.3) is 4.96 Å². The maximum atomic E-state index is 13.0. The first-order chi connectivity index (χ1) is 13.2. The van der Waals surface area contributed by atoms with Crippen LogP contribution in [-0.4, -0.2) is 41.6 Å². The third-order valence-corrected chi connectivity index (χ3v) is 6.81. The van der Waals surface area contributed by atoms with Crippen molar-refractivity contribution in [3.8, 4) is 0 Å². The number of carbonyl (C=O) groups excluding carboxylic acids is 1. The molecule has 1 fully saturated rings. The number of imidazole rings is 1. The standard InChI is InChI=1S/C20H22N4O2S/c1-26-17-16(23-18(25)15-12-24-10-11-27-19(24)22-15)13-4-2-3-5-14(13)20(17)6-8-21-9-7-20/h2-5,10-12,16-17,21H,6-9H2,1H3,(H,23,25)/t16-,17+/m0/s1. The number of nitrogens with zero attached hydrogens (tertiary/aromatic N) is 2. The molecule has 3 aromatic rings. The van der Waals surface area contributed by atoms with Crippen LogP contribution in [0.15, 0.2) is 42.0 Å². The topological polar surface area (TPSA) is 67.7 Å². The van der Waals surface area contributed by atoms with Gasteiger partial charge in [0.2, 0.25) is 0 Å². The molecule has 2 atom stereocenters. The molecule has 0 bridgehead atoms. The Balaban J connectivity index is 1.51. The summed E-state index contributed by atoms with van der Waals surface area (Å²) in [6.07, 6.45) is 5.63. The fraction of sp³-hybridized carbons (Fsp3) is 0.400. The average molecular weight is 382 g/mol. The van der Waals surface area contributed by atoms with E-state index >= 15 is 0 Å². The highest BCUT2D eigenvalue weighted by Crippen LogP contribution is 2.51. The maximum Gasteiger partial charge on any atom is 0.272 e.